The van der Waals surface area contributed by atoms with Crippen LogP contribution in [0.5, 0.6) is 0 Å². The maximum absolute atomic E-state index is 12.4. The minimum absolute atomic E-state index is 0.0790. The van der Waals surface area contributed by atoms with E-state index >= 15 is 0 Å². The van der Waals surface area contributed by atoms with Crippen LogP contribution in [-0.4, -0.2) is 44.5 Å². The van der Waals surface area contributed by atoms with E-state index in [9.17, 15) is 4.79 Å². The van der Waals surface area contributed by atoms with Crippen molar-refractivity contribution >= 4 is 11.6 Å². The summed E-state index contributed by atoms with van der Waals surface area (Å²) in [5, 5.41) is 6.40. The molecule has 106 valence electrons. The van der Waals surface area contributed by atoms with Crippen molar-refractivity contribution in [3.8, 4) is 0 Å². The highest BCUT2D eigenvalue weighted by atomic mass is 16.2. The van der Waals surface area contributed by atoms with Gasteiger partial charge in [0.15, 0.2) is 0 Å². The van der Waals surface area contributed by atoms with Gasteiger partial charge in [0.25, 0.3) is 5.91 Å². The number of hydrogen-bond donors (Lipinski definition) is 2. The molecule has 2 N–H and O–H groups in total. The van der Waals surface area contributed by atoms with Gasteiger partial charge in [-0.1, -0.05) is 19.1 Å². The molecule has 0 saturated heterocycles. The first-order chi connectivity index (χ1) is 9.20. The molecule has 0 radical (unpaired) electrons. The van der Waals surface area contributed by atoms with Crippen molar-refractivity contribution in [3.63, 3.8) is 0 Å². The largest absolute Gasteiger partial charge is 0.384 e. The summed E-state index contributed by atoms with van der Waals surface area (Å²) in [6.07, 6.45) is 2.00. The molecule has 1 aromatic carbocycles. The Kier molecular flexibility index (Phi) is 6.97. The molecule has 1 amide bonds. The molecule has 0 saturated carbocycles. The number of carbonyl (C=O) groups is 1. The second-order valence-corrected chi connectivity index (χ2v) is 4.66. The second-order valence-electron chi connectivity index (χ2n) is 4.66. The number of anilines is 1. The van der Waals surface area contributed by atoms with E-state index in [0.29, 0.717) is 0 Å². The number of amides is 1. The predicted octanol–water partition coefficient (Wildman–Crippen LogP) is 2.19. The zero-order chi connectivity index (χ0) is 14.1. The zero-order valence-electron chi connectivity index (χ0n) is 12.2. The third-order valence-electron chi connectivity index (χ3n) is 2.99. The quantitative estimate of drug-likeness (QED) is 0.707. The van der Waals surface area contributed by atoms with E-state index in [1.807, 2.05) is 38.4 Å². The average Bonchev–Trinajstić information content (AvgIpc) is 2.44. The summed E-state index contributed by atoms with van der Waals surface area (Å²) in [5.74, 6) is 0.0790. The molecule has 4 heteroatoms. The molecule has 0 heterocycles. The van der Waals surface area contributed by atoms with Gasteiger partial charge in [0.1, 0.15) is 0 Å². The fourth-order valence-electron chi connectivity index (χ4n) is 1.88. The maximum Gasteiger partial charge on any atom is 0.255 e. The lowest BCUT2D eigenvalue weighted by Crippen LogP contribution is -2.30. The molecule has 0 spiro atoms. The fourth-order valence-corrected chi connectivity index (χ4v) is 1.88. The van der Waals surface area contributed by atoms with E-state index in [1.165, 1.54) is 0 Å². The highest BCUT2D eigenvalue weighted by molar-refractivity contribution is 5.99. The molecule has 1 aromatic rings. The van der Waals surface area contributed by atoms with Gasteiger partial charge in [-0.2, -0.15) is 0 Å². The first kappa shape index (κ1) is 15.5. The first-order valence-corrected chi connectivity index (χ1v) is 6.93. The third-order valence-corrected chi connectivity index (χ3v) is 2.99. The van der Waals surface area contributed by atoms with E-state index in [2.05, 4.69) is 17.6 Å². The molecule has 0 atom stereocenters. The van der Waals surface area contributed by atoms with Gasteiger partial charge in [-0.15, -0.1) is 0 Å². The Morgan fingerprint density at radius 1 is 1.26 bits per heavy atom. The summed E-state index contributed by atoms with van der Waals surface area (Å²) in [5.41, 5.74) is 1.68. The van der Waals surface area contributed by atoms with E-state index in [1.54, 1.807) is 4.90 Å². The fraction of sp³-hybridized carbons (Fsp3) is 0.533. The number of carbonyl (C=O) groups excluding carboxylic acids is 1. The Labute approximate surface area is 116 Å². The van der Waals surface area contributed by atoms with E-state index in [0.717, 1.165) is 43.7 Å². The van der Waals surface area contributed by atoms with Crippen LogP contribution in [0, 0.1) is 0 Å². The monoisotopic (exact) mass is 263 g/mol. The zero-order valence-corrected chi connectivity index (χ0v) is 12.2. The number of benzene rings is 1. The standard InChI is InChI=1S/C15H25N3O/c1-4-10-17-14-9-6-5-8-13(14)15(19)18(3)12-7-11-16-2/h5-6,8-9,16-17H,4,7,10-12H2,1-3H3. The van der Waals surface area contributed by atoms with Gasteiger partial charge in [0.05, 0.1) is 5.56 Å². The Balaban J connectivity index is 2.69. The molecular weight excluding hydrogens is 238 g/mol. The summed E-state index contributed by atoms with van der Waals surface area (Å²) in [6, 6.07) is 7.71. The number of hydrogen-bond acceptors (Lipinski definition) is 3. The van der Waals surface area contributed by atoms with E-state index < -0.39 is 0 Å². The highest BCUT2D eigenvalue weighted by Gasteiger charge is 2.14. The van der Waals surface area contributed by atoms with Crippen LogP contribution in [0.4, 0.5) is 5.69 Å². The van der Waals surface area contributed by atoms with Crippen LogP contribution in [-0.2, 0) is 0 Å². The minimum Gasteiger partial charge on any atom is -0.384 e. The van der Waals surface area contributed by atoms with Crippen molar-refractivity contribution < 1.29 is 4.79 Å². The Hall–Kier alpha value is -1.55. The Morgan fingerprint density at radius 2 is 2.00 bits per heavy atom. The van der Waals surface area contributed by atoms with E-state index in [-0.39, 0.29) is 5.91 Å². The van der Waals surface area contributed by atoms with Gasteiger partial charge in [-0.25, -0.2) is 0 Å². The number of rotatable bonds is 8. The lowest BCUT2D eigenvalue weighted by atomic mass is 10.1. The number of para-hydroxylation sites is 1. The van der Waals surface area contributed by atoms with Crippen molar-refractivity contribution in [2.75, 3.05) is 39.0 Å². The van der Waals surface area contributed by atoms with Crippen molar-refractivity contribution in [2.24, 2.45) is 0 Å². The van der Waals surface area contributed by atoms with Crippen LogP contribution in [0.2, 0.25) is 0 Å². The van der Waals surface area contributed by atoms with Crippen molar-refractivity contribution in [1.29, 1.82) is 0 Å². The highest BCUT2D eigenvalue weighted by Crippen LogP contribution is 2.16. The third kappa shape index (κ3) is 4.91. The molecule has 1 rings (SSSR count). The molecule has 0 aliphatic rings. The van der Waals surface area contributed by atoms with Gasteiger partial charge < -0.3 is 15.5 Å². The molecule has 0 aliphatic heterocycles. The normalized spacial score (nSPS) is 10.3. The molecule has 0 fully saturated rings. The van der Waals surface area contributed by atoms with Crippen LogP contribution in [0.25, 0.3) is 0 Å². The van der Waals surface area contributed by atoms with Gasteiger partial charge in [-0.05, 0) is 38.6 Å². The van der Waals surface area contributed by atoms with Crippen molar-refractivity contribution in [1.82, 2.24) is 10.2 Å². The minimum atomic E-state index is 0.0790. The Morgan fingerprint density at radius 3 is 2.68 bits per heavy atom. The predicted molar refractivity (Wildman–Crippen MR) is 80.7 cm³/mol. The molecule has 4 nitrogen and oxygen atoms in total. The van der Waals surface area contributed by atoms with Gasteiger partial charge in [-0.3, -0.25) is 4.79 Å². The number of nitrogens with zero attached hydrogens (tertiary/aromatic N) is 1. The van der Waals surface area contributed by atoms with Gasteiger partial charge in [0.2, 0.25) is 0 Å². The molecule has 0 aliphatic carbocycles. The summed E-state index contributed by atoms with van der Waals surface area (Å²) >= 11 is 0. The Bertz CT molecular complexity index is 393. The van der Waals surface area contributed by atoms with Gasteiger partial charge >= 0.3 is 0 Å². The molecule has 0 bridgehead atoms. The van der Waals surface area contributed by atoms with Crippen molar-refractivity contribution in [2.45, 2.75) is 19.8 Å². The summed E-state index contributed by atoms with van der Waals surface area (Å²) in [7, 11) is 3.78. The van der Waals surface area contributed by atoms with E-state index in [4.69, 9.17) is 0 Å². The second kappa shape index (κ2) is 8.53. The van der Waals surface area contributed by atoms with Crippen LogP contribution >= 0.6 is 0 Å². The summed E-state index contributed by atoms with van der Waals surface area (Å²) in [6.45, 7) is 4.68. The topological polar surface area (TPSA) is 44.4 Å². The van der Waals surface area contributed by atoms with Gasteiger partial charge in [0, 0.05) is 25.8 Å². The molecule has 0 unspecified atom stereocenters. The smallest absolute Gasteiger partial charge is 0.255 e. The molecular formula is C15H25N3O. The summed E-state index contributed by atoms with van der Waals surface area (Å²) < 4.78 is 0. The summed E-state index contributed by atoms with van der Waals surface area (Å²) in [4.78, 5) is 14.2. The molecule has 19 heavy (non-hydrogen) atoms. The SMILES string of the molecule is CCCNc1ccccc1C(=O)N(C)CCCNC. The van der Waals surface area contributed by atoms with Crippen molar-refractivity contribution in [3.05, 3.63) is 29.8 Å². The number of nitrogens with one attached hydrogen (secondary N) is 2. The molecule has 0 aromatic heterocycles. The first-order valence-electron chi connectivity index (χ1n) is 6.93. The lowest BCUT2D eigenvalue weighted by molar-refractivity contribution is 0.0794. The van der Waals surface area contributed by atoms with Crippen LogP contribution < -0.4 is 10.6 Å². The lowest BCUT2D eigenvalue weighted by Gasteiger charge is -2.19. The van der Waals surface area contributed by atoms with Crippen LogP contribution in [0.15, 0.2) is 24.3 Å². The van der Waals surface area contributed by atoms with Crippen LogP contribution in [0.1, 0.15) is 30.1 Å². The average molecular weight is 263 g/mol. The maximum atomic E-state index is 12.4. The van der Waals surface area contributed by atoms with Crippen LogP contribution in [0.3, 0.4) is 0 Å².